The Morgan fingerprint density at radius 1 is 1.42 bits per heavy atom. The first-order valence-electron chi connectivity index (χ1n) is 8.13. The van der Waals surface area contributed by atoms with Crippen molar-refractivity contribution in [2.75, 3.05) is 12.1 Å². The summed E-state index contributed by atoms with van der Waals surface area (Å²) in [6.45, 7) is 3.46. The maximum Gasteiger partial charge on any atom is 0.509 e. The molecular formula is C15H19N3O8. The van der Waals surface area contributed by atoms with Gasteiger partial charge in [-0.05, 0) is 12.5 Å². The molecule has 0 amide bonds. The van der Waals surface area contributed by atoms with E-state index >= 15 is 0 Å². The summed E-state index contributed by atoms with van der Waals surface area (Å²) in [7, 11) is 0. The second-order valence-corrected chi connectivity index (χ2v) is 6.03. The zero-order valence-electron chi connectivity index (χ0n) is 14.2. The van der Waals surface area contributed by atoms with E-state index in [2.05, 4.69) is 4.98 Å². The van der Waals surface area contributed by atoms with Gasteiger partial charge in [-0.15, -0.1) is 0 Å². The minimum Gasteiger partial charge on any atom is -0.463 e. The van der Waals surface area contributed by atoms with E-state index in [4.69, 9.17) is 24.2 Å². The monoisotopic (exact) mass is 369 g/mol. The highest BCUT2D eigenvalue weighted by Gasteiger charge is 2.55. The van der Waals surface area contributed by atoms with Crippen molar-refractivity contribution in [2.45, 2.75) is 44.8 Å². The second kappa shape index (κ2) is 7.30. The molecule has 0 bridgehead atoms. The van der Waals surface area contributed by atoms with Crippen molar-refractivity contribution in [1.82, 2.24) is 9.55 Å². The first-order chi connectivity index (χ1) is 12.4. The molecule has 2 saturated heterocycles. The SMILES string of the molecule is CC[C@H](C)C(=O)OC[C@H]1O[C@@H](n2ccc(NO)nc2=O)[C@@H]2OC(=O)O[C@@H]21. The van der Waals surface area contributed by atoms with Gasteiger partial charge in [-0.1, -0.05) is 13.8 Å². The molecule has 0 saturated carbocycles. The van der Waals surface area contributed by atoms with Crippen LogP contribution in [0.5, 0.6) is 0 Å². The van der Waals surface area contributed by atoms with E-state index in [1.54, 1.807) is 12.4 Å². The molecule has 3 heterocycles. The topological polar surface area (TPSA) is 138 Å². The first-order valence-corrected chi connectivity index (χ1v) is 8.13. The van der Waals surface area contributed by atoms with Gasteiger partial charge in [0.1, 0.15) is 12.7 Å². The van der Waals surface area contributed by atoms with Crippen LogP contribution in [0, 0.1) is 5.92 Å². The average Bonchev–Trinajstić information content (AvgIpc) is 3.16. The Morgan fingerprint density at radius 2 is 2.15 bits per heavy atom. The molecular weight excluding hydrogens is 350 g/mol. The van der Waals surface area contributed by atoms with Crippen molar-refractivity contribution >= 4 is 17.9 Å². The van der Waals surface area contributed by atoms with Gasteiger partial charge in [0, 0.05) is 6.20 Å². The number of rotatable bonds is 6. The van der Waals surface area contributed by atoms with Crippen LogP contribution >= 0.6 is 0 Å². The molecule has 2 fully saturated rings. The molecule has 11 heteroatoms. The van der Waals surface area contributed by atoms with Gasteiger partial charge >= 0.3 is 17.8 Å². The van der Waals surface area contributed by atoms with Gasteiger partial charge in [-0.2, -0.15) is 4.98 Å². The molecule has 0 radical (unpaired) electrons. The van der Waals surface area contributed by atoms with Crippen molar-refractivity contribution in [1.29, 1.82) is 0 Å². The summed E-state index contributed by atoms with van der Waals surface area (Å²) in [5.41, 5.74) is 1.04. The summed E-state index contributed by atoms with van der Waals surface area (Å²) in [6.07, 6.45) is -2.42. The van der Waals surface area contributed by atoms with Crippen LogP contribution in [0.25, 0.3) is 0 Å². The summed E-state index contributed by atoms with van der Waals surface area (Å²) in [5.74, 6) is -0.700. The minimum absolute atomic E-state index is 0.0421. The largest absolute Gasteiger partial charge is 0.509 e. The van der Waals surface area contributed by atoms with E-state index in [9.17, 15) is 14.4 Å². The Balaban J connectivity index is 1.77. The molecule has 0 aliphatic carbocycles. The standard InChI is InChI=1S/C15H19N3O8/c1-3-7(2)13(19)23-6-8-10-11(26-15(21)25-10)12(24-8)18-5-4-9(17-22)16-14(18)20/h4-5,7-8,10-12,22H,3,6H2,1-2H3,(H,16,17,20)/t7-,8+,10+,11+,12+/m0/s1. The number of nitrogens with zero attached hydrogens (tertiary/aromatic N) is 2. The van der Waals surface area contributed by atoms with Gasteiger partial charge in [0.05, 0.1) is 5.92 Å². The summed E-state index contributed by atoms with van der Waals surface area (Å²) in [5, 5.41) is 8.80. The summed E-state index contributed by atoms with van der Waals surface area (Å²) < 4.78 is 22.2. The fourth-order valence-electron chi connectivity index (χ4n) is 2.73. The molecule has 2 aliphatic heterocycles. The quantitative estimate of drug-likeness (QED) is 0.536. The smallest absolute Gasteiger partial charge is 0.463 e. The van der Waals surface area contributed by atoms with Crippen molar-refractivity contribution in [3.05, 3.63) is 22.7 Å². The van der Waals surface area contributed by atoms with Crippen LogP contribution in [-0.4, -0.2) is 51.8 Å². The van der Waals surface area contributed by atoms with E-state index in [0.717, 1.165) is 4.57 Å². The molecule has 1 aromatic heterocycles. The summed E-state index contributed by atoms with van der Waals surface area (Å²) >= 11 is 0. The maximum absolute atomic E-state index is 12.1. The Bertz CT molecular complexity index is 751. The third kappa shape index (κ3) is 3.35. The van der Waals surface area contributed by atoms with Gasteiger partial charge < -0.3 is 18.9 Å². The number of carbonyl (C=O) groups is 2. The van der Waals surface area contributed by atoms with Gasteiger partial charge in [-0.3, -0.25) is 20.0 Å². The summed E-state index contributed by atoms with van der Waals surface area (Å²) in [4.78, 5) is 39.1. The lowest BCUT2D eigenvalue weighted by Gasteiger charge is -2.18. The lowest BCUT2D eigenvalue weighted by molar-refractivity contribution is -0.155. The number of hydrogen-bond donors (Lipinski definition) is 2. The van der Waals surface area contributed by atoms with Crippen LogP contribution in [-0.2, 0) is 23.7 Å². The Hall–Kier alpha value is -2.66. The zero-order chi connectivity index (χ0) is 18.8. The highest BCUT2D eigenvalue weighted by atomic mass is 16.8. The van der Waals surface area contributed by atoms with E-state index in [1.807, 2.05) is 6.92 Å². The first kappa shape index (κ1) is 18.1. The normalized spacial score (nSPS) is 28.0. The van der Waals surface area contributed by atoms with Crippen LogP contribution in [0.15, 0.2) is 17.1 Å². The van der Waals surface area contributed by atoms with Crippen molar-refractivity contribution in [2.24, 2.45) is 5.92 Å². The third-order valence-electron chi connectivity index (χ3n) is 4.37. The van der Waals surface area contributed by atoms with Crippen molar-refractivity contribution in [3.63, 3.8) is 0 Å². The molecule has 2 aliphatic rings. The zero-order valence-corrected chi connectivity index (χ0v) is 14.2. The number of aromatic nitrogens is 2. The fraction of sp³-hybridized carbons (Fsp3) is 0.600. The third-order valence-corrected chi connectivity index (χ3v) is 4.37. The van der Waals surface area contributed by atoms with E-state index in [-0.39, 0.29) is 18.3 Å². The van der Waals surface area contributed by atoms with Crippen LogP contribution in [0.2, 0.25) is 0 Å². The number of fused-ring (bicyclic) bond motifs is 1. The lowest BCUT2D eigenvalue weighted by atomic mass is 10.1. The second-order valence-electron chi connectivity index (χ2n) is 6.03. The molecule has 0 aromatic carbocycles. The molecule has 1 aromatic rings. The molecule has 5 atom stereocenters. The molecule has 142 valence electrons. The number of nitrogens with one attached hydrogen (secondary N) is 1. The predicted octanol–water partition coefficient (Wildman–Crippen LogP) is 0.435. The molecule has 0 unspecified atom stereocenters. The number of carbonyl (C=O) groups excluding carboxylic acids is 2. The molecule has 2 N–H and O–H groups in total. The summed E-state index contributed by atoms with van der Waals surface area (Å²) in [6, 6.07) is 1.34. The predicted molar refractivity (Wildman–Crippen MR) is 83.4 cm³/mol. The maximum atomic E-state index is 12.1. The molecule has 11 nitrogen and oxygen atoms in total. The van der Waals surface area contributed by atoms with Crippen molar-refractivity contribution < 1.29 is 33.7 Å². The Kier molecular flexibility index (Phi) is 5.09. The van der Waals surface area contributed by atoms with Crippen molar-refractivity contribution in [3.8, 4) is 0 Å². The lowest BCUT2D eigenvalue weighted by Crippen LogP contribution is -2.34. The highest BCUT2D eigenvalue weighted by molar-refractivity contribution is 5.71. The molecule has 0 spiro atoms. The fourth-order valence-corrected chi connectivity index (χ4v) is 2.73. The van der Waals surface area contributed by atoms with Gasteiger partial charge in [0.15, 0.2) is 24.3 Å². The van der Waals surface area contributed by atoms with E-state index in [1.165, 1.54) is 12.3 Å². The van der Waals surface area contributed by atoms with Crippen LogP contribution in [0.1, 0.15) is 26.5 Å². The highest BCUT2D eigenvalue weighted by Crippen LogP contribution is 2.37. The van der Waals surface area contributed by atoms with Gasteiger partial charge in [0.2, 0.25) is 0 Å². The number of ether oxygens (including phenoxy) is 4. The van der Waals surface area contributed by atoms with Gasteiger partial charge in [-0.25, -0.2) is 9.59 Å². The Morgan fingerprint density at radius 3 is 2.81 bits per heavy atom. The van der Waals surface area contributed by atoms with E-state index < -0.39 is 42.4 Å². The minimum atomic E-state index is -0.994. The van der Waals surface area contributed by atoms with E-state index in [0.29, 0.717) is 6.42 Å². The van der Waals surface area contributed by atoms with Crippen LogP contribution < -0.4 is 11.2 Å². The van der Waals surface area contributed by atoms with Crippen LogP contribution in [0.3, 0.4) is 0 Å². The van der Waals surface area contributed by atoms with Crippen LogP contribution in [0.4, 0.5) is 10.6 Å². The Labute approximate surface area is 147 Å². The van der Waals surface area contributed by atoms with Gasteiger partial charge in [0.25, 0.3) is 0 Å². The number of anilines is 1. The number of hydrogen-bond acceptors (Lipinski definition) is 10. The molecule has 3 rings (SSSR count). The molecule has 26 heavy (non-hydrogen) atoms. The average molecular weight is 369 g/mol. The number of esters is 1.